The van der Waals surface area contributed by atoms with Gasteiger partial charge in [-0.25, -0.2) is 4.98 Å². The number of nitrogens with one attached hydrogen (secondary N) is 1. The third-order valence-electron chi connectivity index (χ3n) is 5.09. The summed E-state index contributed by atoms with van der Waals surface area (Å²) < 4.78 is 13.1. The molecule has 2 N–H and O–H groups in total. The summed E-state index contributed by atoms with van der Waals surface area (Å²) in [7, 11) is 3.61. The first kappa shape index (κ1) is 24.7. The minimum Gasteiger partial charge on any atom is -0.497 e. The highest BCUT2D eigenvalue weighted by Gasteiger charge is 2.20. The van der Waals surface area contributed by atoms with E-state index in [9.17, 15) is 5.11 Å². The predicted molar refractivity (Wildman–Crippen MR) is 125 cm³/mol. The number of benzene rings is 2. The molecule has 0 aliphatic rings. The fourth-order valence-corrected chi connectivity index (χ4v) is 3.29. The number of aliphatic hydroxyl groups is 1. The summed E-state index contributed by atoms with van der Waals surface area (Å²) >= 11 is 0. The van der Waals surface area contributed by atoms with Crippen molar-refractivity contribution in [3.05, 3.63) is 77.9 Å². The molecule has 0 aliphatic carbocycles. The molecule has 2 atom stereocenters. The van der Waals surface area contributed by atoms with E-state index in [0.29, 0.717) is 12.5 Å². The van der Waals surface area contributed by atoms with Crippen molar-refractivity contribution >= 4 is 12.4 Å². The molecule has 7 heteroatoms. The van der Waals surface area contributed by atoms with Gasteiger partial charge in [0.15, 0.2) is 0 Å². The summed E-state index contributed by atoms with van der Waals surface area (Å²) in [6, 6.07) is 15.7. The molecule has 0 saturated carbocycles. The van der Waals surface area contributed by atoms with Gasteiger partial charge < -0.3 is 24.5 Å². The lowest BCUT2D eigenvalue weighted by atomic mass is 10.0. The zero-order valence-electron chi connectivity index (χ0n) is 18.5. The fraction of sp³-hybridized carbons (Fsp3) is 0.375. The van der Waals surface area contributed by atoms with Crippen LogP contribution in [0.25, 0.3) is 0 Å². The fourth-order valence-electron chi connectivity index (χ4n) is 3.29. The Morgan fingerprint density at radius 2 is 1.81 bits per heavy atom. The lowest BCUT2D eigenvalue weighted by Crippen LogP contribution is -2.35. The molecule has 168 valence electrons. The number of aromatic nitrogens is 2. The maximum Gasteiger partial charge on any atom is 0.130 e. The predicted octanol–water partition coefficient (Wildman–Crippen LogP) is 4.09. The van der Waals surface area contributed by atoms with Crippen molar-refractivity contribution in [1.29, 1.82) is 0 Å². The van der Waals surface area contributed by atoms with Gasteiger partial charge in [0.25, 0.3) is 0 Å². The van der Waals surface area contributed by atoms with Crippen LogP contribution in [0.2, 0.25) is 0 Å². The third-order valence-corrected chi connectivity index (χ3v) is 5.09. The summed E-state index contributed by atoms with van der Waals surface area (Å²) in [6.45, 7) is 4.88. The Morgan fingerprint density at radius 1 is 1.06 bits per heavy atom. The molecule has 0 aliphatic heterocycles. The molecule has 2 unspecified atom stereocenters. The van der Waals surface area contributed by atoms with Crippen LogP contribution in [-0.4, -0.2) is 41.0 Å². The van der Waals surface area contributed by atoms with Crippen LogP contribution >= 0.6 is 12.4 Å². The first-order chi connectivity index (χ1) is 14.5. The molecule has 1 aromatic heterocycles. The van der Waals surface area contributed by atoms with Gasteiger partial charge in [-0.05, 0) is 41.3 Å². The van der Waals surface area contributed by atoms with Gasteiger partial charge >= 0.3 is 0 Å². The number of rotatable bonds is 10. The Balaban J connectivity index is 0.00000341. The van der Waals surface area contributed by atoms with Gasteiger partial charge in [-0.3, -0.25) is 0 Å². The number of aryl methyl sites for hydroxylation is 1. The van der Waals surface area contributed by atoms with E-state index in [1.807, 2.05) is 54.2 Å². The van der Waals surface area contributed by atoms with Crippen molar-refractivity contribution < 1.29 is 14.6 Å². The van der Waals surface area contributed by atoms with Crippen molar-refractivity contribution in [2.45, 2.75) is 31.9 Å². The zero-order chi connectivity index (χ0) is 21.5. The number of hydrogen-bond donors (Lipinski definition) is 2. The average molecular weight is 446 g/mol. The van der Waals surface area contributed by atoms with E-state index in [-0.39, 0.29) is 25.1 Å². The van der Waals surface area contributed by atoms with E-state index in [1.165, 1.54) is 5.56 Å². The molecule has 6 nitrogen and oxygen atoms in total. The highest BCUT2D eigenvalue weighted by Crippen LogP contribution is 2.24. The summed E-state index contributed by atoms with van der Waals surface area (Å²) in [6.07, 6.45) is 3.01. The molecule has 0 radical (unpaired) electrons. The lowest BCUT2D eigenvalue weighted by Gasteiger charge is -2.22. The van der Waals surface area contributed by atoms with Crippen LogP contribution in [0.5, 0.6) is 11.5 Å². The molecule has 0 saturated heterocycles. The number of nitrogens with zero attached hydrogens (tertiary/aromatic N) is 2. The van der Waals surface area contributed by atoms with Crippen molar-refractivity contribution in [2.24, 2.45) is 7.05 Å². The van der Waals surface area contributed by atoms with Crippen LogP contribution in [0.1, 0.15) is 42.8 Å². The molecule has 0 fully saturated rings. The molecular formula is C24H32ClN3O3. The van der Waals surface area contributed by atoms with Gasteiger partial charge in [-0.1, -0.05) is 38.1 Å². The number of imidazole rings is 1. The van der Waals surface area contributed by atoms with Crippen LogP contribution < -0.4 is 14.8 Å². The average Bonchev–Trinajstić information content (AvgIpc) is 3.18. The molecule has 0 bridgehead atoms. The first-order valence-electron chi connectivity index (χ1n) is 10.2. The van der Waals surface area contributed by atoms with Gasteiger partial charge in [0, 0.05) is 26.0 Å². The summed E-state index contributed by atoms with van der Waals surface area (Å²) in [4.78, 5) is 4.49. The lowest BCUT2D eigenvalue weighted by molar-refractivity contribution is 0.104. The minimum atomic E-state index is -0.664. The molecule has 3 rings (SSSR count). The van der Waals surface area contributed by atoms with Gasteiger partial charge in [0.1, 0.15) is 30.0 Å². The quantitative estimate of drug-likeness (QED) is 0.492. The molecule has 3 aromatic rings. The maximum atomic E-state index is 10.5. The van der Waals surface area contributed by atoms with Gasteiger partial charge in [-0.15, -0.1) is 12.4 Å². The Labute approximate surface area is 190 Å². The Morgan fingerprint density at radius 3 is 2.42 bits per heavy atom. The molecule has 0 spiro atoms. The Hall–Kier alpha value is -2.54. The number of ether oxygens (including phenoxy) is 2. The minimum absolute atomic E-state index is 0. The highest BCUT2D eigenvalue weighted by atomic mass is 35.5. The standard InChI is InChI=1S/C24H31N3O3.ClH/c1-17(2)18-8-10-21(11-9-18)30-16-20(28)15-26-23(24-25-12-13-27(24)3)19-6-5-7-22(14-19)29-4;/h5-14,17,20,23,26,28H,15-16H2,1-4H3;1H. The second kappa shape index (κ2) is 11.7. The van der Waals surface area contributed by atoms with Crippen molar-refractivity contribution in [1.82, 2.24) is 14.9 Å². The van der Waals surface area contributed by atoms with Crippen molar-refractivity contribution in [3.8, 4) is 11.5 Å². The molecule has 2 aromatic carbocycles. The topological polar surface area (TPSA) is 68.5 Å². The number of methoxy groups -OCH3 is 1. The molecule has 1 heterocycles. The molecule has 31 heavy (non-hydrogen) atoms. The van der Waals surface area contributed by atoms with Gasteiger partial charge in [-0.2, -0.15) is 0 Å². The van der Waals surface area contributed by atoms with Crippen LogP contribution in [0.3, 0.4) is 0 Å². The SMILES string of the molecule is COc1cccc(C(NCC(O)COc2ccc(C(C)C)cc2)c2nccn2C)c1.Cl. The number of aliphatic hydroxyl groups excluding tert-OH is 1. The second-order valence-electron chi connectivity index (χ2n) is 7.70. The van der Waals surface area contributed by atoms with Crippen LogP contribution in [0.15, 0.2) is 60.9 Å². The Bertz CT molecular complexity index is 928. The summed E-state index contributed by atoms with van der Waals surface area (Å²) in [5.41, 5.74) is 2.28. The summed E-state index contributed by atoms with van der Waals surface area (Å²) in [5, 5.41) is 13.9. The van der Waals surface area contributed by atoms with Crippen molar-refractivity contribution in [2.75, 3.05) is 20.3 Å². The highest BCUT2D eigenvalue weighted by molar-refractivity contribution is 5.85. The van der Waals surface area contributed by atoms with E-state index in [4.69, 9.17) is 9.47 Å². The van der Waals surface area contributed by atoms with E-state index >= 15 is 0 Å². The van der Waals surface area contributed by atoms with E-state index in [0.717, 1.165) is 22.9 Å². The third kappa shape index (κ3) is 6.72. The second-order valence-corrected chi connectivity index (χ2v) is 7.70. The van der Waals surface area contributed by atoms with Gasteiger partial charge in [0.05, 0.1) is 13.2 Å². The zero-order valence-corrected chi connectivity index (χ0v) is 19.3. The van der Waals surface area contributed by atoms with Crippen molar-refractivity contribution in [3.63, 3.8) is 0 Å². The Kier molecular flexibility index (Phi) is 9.37. The first-order valence-corrected chi connectivity index (χ1v) is 10.2. The van der Waals surface area contributed by atoms with Gasteiger partial charge in [0.2, 0.25) is 0 Å². The van der Waals surface area contributed by atoms with E-state index in [2.05, 4.69) is 36.3 Å². The number of halogens is 1. The smallest absolute Gasteiger partial charge is 0.130 e. The van der Waals surface area contributed by atoms with Crippen LogP contribution in [0.4, 0.5) is 0 Å². The number of hydrogen-bond acceptors (Lipinski definition) is 5. The largest absolute Gasteiger partial charge is 0.497 e. The normalized spacial score (nSPS) is 12.8. The molecule has 0 amide bonds. The van der Waals surface area contributed by atoms with E-state index in [1.54, 1.807) is 13.3 Å². The monoisotopic (exact) mass is 445 g/mol. The van der Waals surface area contributed by atoms with E-state index < -0.39 is 6.10 Å². The summed E-state index contributed by atoms with van der Waals surface area (Å²) in [5.74, 6) is 2.88. The van der Waals surface area contributed by atoms with Crippen LogP contribution in [-0.2, 0) is 7.05 Å². The van der Waals surface area contributed by atoms with Crippen LogP contribution in [0, 0.1) is 0 Å². The maximum absolute atomic E-state index is 10.5. The molecular weight excluding hydrogens is 414 g/mol.